The van der Waals surface area contributed by atoms with Crippen molar-refractivity contribution in [3.8, 4) is 11.4 Å². The zero-order chi connectivity index (χ0) is 19.2. The minimum atomic E-state index is -0.421. The van der Waals surface area contributed by atoms with Crippen molar-refractivity contribution < 1.29 is 9.53 Å². The topological polar surface area (TPSA) is 68.5 Å². The van der Waals surface area contributed by atoms with Crippen molar-refractivity contribution in [1.82, 2.24) is 15.2 Å². The van der Waals surface area contributed by atoms with Crippen LogP contribution in [0.5, 0.6) is 5.75 Å². The molecule has 27 heavy (non-hydrogen) atoms. The van der Waals surface area contributed by atoms with Crippen LogP contribution in [0.25, 0.3) is 5.69 Å². The normalized spacial score (nSPS) is 10.9. The summed E-state index contributed by atoms with van der Waals surface area (Å²) < 4.78 is 6.96. The van der Waals surface area contributed by atoms with E-state index in [0.29, 0.717) is 27.2 Å². The van der Waals surface area contributed by atoms with Gasteiger partial charge in [-0.2, -0.15) is 10.2 Å². The average molecular weight is 403 g/mol. The molecule has 1 N–H and O–H groups in total. The lowest BCUT2D eigenvalue weighted by atomic mass is 10.3. The summed E-state index contributed by atoms with van der Waals surface area (Å²) in [5.41, 5.74) is 4.53. The lowest BCUT2D eigenvalue weighted by Crippen LogP contribution is -2.24. The predicted octanol–water partition coefficient (Wildman–Crippen LogP) is 4.02. The van der Waals surface area contributed by atoms with Gasteiger partial charge in [-0.15, -0.1) is 0 Å². The highest BCUT2D eigenvalue weighted by Crippen LogP contribution is 2.23. The lowest BCUT2D eigenvalue weighted by Gasteiger charge is -2.06. The number of halogens is 2. The summed E-state index contributed by atoms with van der Waals surface area (Å²) in [5.74, 6) is 0.0109. The Morgan fingerprint density at radius 1 is 1.19 bits per heavy atom. The highest BCUT2D eigenvalue weighted by Gasteiger charge is 2.13. The maximum Gasteiger partial charge on any atom is 0.277 e. The molecule has 0 aliphatic rings. The molecular weight excluding hydrogens is 387 g/mol. The number of nitrogens with one attached hydrogen (secondary N) is 1. The monoisotopic (exact) mass is 402 g/mol. The molecule has 0 saturated carbocycles. The fourth-order valence-electron chi connectivity index (χ4n) is 2.30. The Hall–Kier alpha value is -2.83. The number of nitrogens with zero attached hydrogens (tertiary/aromatic N) is 3. The maximum atomic E-state index is 11.9. The number of hydrogen-bond donors (Lipinski definition) is 1. The van der Waals surface area contributed by atoms with Crippen molar-refractivity contribution in [2.24, 2.45) is 5.10 Å². The Kier molecular flexibility index (Phi) is 6.11. The van der Waals surface area contributed by atoms with Crippen LogP contribution < -0.4 is 10.2 Å². The van der Waals surface area contributed by atoms with Crippen LogP contribution in [0.1, 0.15) is 11.3 Å². The SMILES string of the molecule is Cc1nn(-c2ccccc2)c(Cl)c1C=NNC(=O)COc1ccccc1Cl. The second-order valence-corrected chi connectivity index (χ2v) is 6.31. The molecule has 0 saturated heterocycles. The third-order valence-corrected chi connectivity index (χ3v) is 4.30. The standard InChI is InChI=1S/C19H16Cl2N4O2/c1-13-15(19(21)25(24-13)14-7-3-2-4-8-14)11-22-23-18(26)12-27-17-10-6-5-9-16(17)20/h2-11H,12H2,1H3,(H,23,26). The van der Waals surface area contributed by atoms with Gasteiger partial charge in [0.1, 0.15) is 10.9 Å². The molecule has 138 valence electrons. The van der Waals surface area contributed by atoms with Gasteiger partial charge >= 0.3 is 0 Å². The van der Waals surface area contributed by atoms with Gasteiger partial charge in [-0.25, -0.2) is 10.1 Å². The van der Waals surface area contributed by atoms with E-state index in [2.05, 4.69) is 15.6 Å². The van der Waals surface area contributed by atoms with E-state index in [9.17, 15) is 4.79 Å². The second-order valence-electron chi connectivity index (χ2n) is 5.55. The van der Waals surface area contributed by atoms with Crippen LogP contribution in [0.4, 0.5) is 0 Å². The summed E-state index contributed by atoms with van der Waals surface area (Å²) in [5, 5.41) is 9.18. The predicted molar refractivity (Wildman–Crippen MR) is 106 cm³/mol. The Labute approximate surface area is 166 Å². The summed E-state index contributed by atoms with van der Waals surface area (Å²) in [6.45, 7) is 1.60. The van der Waals surface area contributed by atoms with Crippen LogP contribution >= 0.6 is 23.2 Å². The minimum Gasteiger partial charge on any atom is -0.482 e. The molecular formula is C19H16Cl2N4O2. The number of ether oxygens (including phenoxy) is 1. The van der Waals surface area contributed by atoms with Crippen LogP contribution in [0.15, 0.2) is 59.7 Å². The number of benzene rings is 2. The number of carbonyl (C=O) groups is 1. The van der Waals surface area contributed by atoms with Gasteiger partial charge in [0.15, 0.2) is 6.61 Å². The van der Waals surface area contributed by atoms with Gasteiger partial charge in [-0.05, 0) is 31.2 Å². The Morgan fingerprint density at radius 3 is 2.63 bits per heavy atom. The summed E-state index contributed by atoms with van der Waals surface area (Å²) >= 11 is 12.4. The third-order valence-electron chi connectivity index (χ3n) is 3.63. The van der Waals surface area contributed by atoms with E-state index < -0.39 is 5.91 Å². The van der Waals surface area contributed by atoms with Crippen molar-refractivity contribution in [3.05, 3.63) is 76.0 Å². The number of hydrogen-bond acceptors (Lipinski definition) is 4. The summed E-state index contributed by atoms with van der Waals surface area (Å²) in [6, 6.07) is 16.4. The van der Waals surface area contributed by atoms with Crippen LogP contribution in [0.3, 0.4) is 0 Å². The molecule has 2 aromatic carbocycles. The first-order valence-electron chi connectivity index (χ1n) is 8.06. The molecule has 0 aliphatic carbocycles. The molecule has 0 atom stereocenters. The largest absolute Gasteiger partial charge is 0.482 e. The highest BCUT2D eigenvalue weighted by atomic mass is 35.5. The fourth-order valence-corrected chi connectivity index (χ4v) is 2.82. The van der Waals surface area contributed by atoms with Gasteiger partial charge in [0.2, 0.25) is 0 Å². The molecule has 3 rings (SSSR count). The van der Waals surface area contributed by atoms with E-state index in [1.165, 1.54) is 6.21 Å². The first-order chi connectivity index (χ1) is 13.1. The smallest absolute Gasteiger partial charge is 0.277 e. The van der Waals surface area contributed by atoms with Gasteiger partial charge in [-0.1, -0.05) is 53.5 Å². The van der Waals surface area contributed by atoms with Gasteiger partial charge < -0.3 is 4.74 Å². The first-order valence-corrected chi connectivity index (χ1v) is 8.81. The first kappa shape index (κ1) is 18.9. The van der Waals surface area contributed by atoms with Gasteiger partial charge in [0.25, 0.3) is 5.91 Å². The molecule has 8 heteroatoms. The minimum absolute atomic E-state index is 0.211. The highest BCUT2D eigenvalue weighted by molar-refractivity contribution is 6.32. The molecule has 0 fully saturated rings. The molecule has 1 heterocycles. The number of aryl methyl sites for hydroxylation is 1. The van der Waals surface area contributed by atoms with Crippen LogP contribution in [0.2, 0.25) is 10.2 Å². The Balaban J connectivity index is 1.62. The average Bonchev–Trinajstić information content (AvgIpc) is 2.96. The van der Waals surface area contributed by atoms with Crippen LogP contribution in [-0.4, -0.2) is 28.5 Å². The fraction of sp³-hybridized carbons (Fsp3) is 0.105. The zero-order valence-electron chi connectivity index (χ0n) is 14.4. The second kappa shape index (κ2) is 8.70. The molecule has 0 aliphatic heterocycles. The van der Waals surface area contributed by atoms with Gasteiger partial charge in [0.05, 0.1) is 28.2 Å². The molecule has 1 amide bonds. The Bertz CT molecular complexity index is 971. The number of carbonyl (C=O) groups excluding carboxylic acids is 1. The van der Waals surface area contributed by atoms with Gasteiger partial charge in [0, 0.05) is 0 Å². The quantitative estimate of drug-likeness (QED) is 0.500. The summed E-state index contributed by atoms with van der Waals surface area (Å²) in [6.07, 6.45) is 1.46. The molecule has 3 aromatic rings. The molecule has 1 aromatic heterocycles. The molecule has 6 nitrogen and oxygen atoms in total. The Morgan fingerprint density at radius 2 is 1.89 bits per heavy atom. The van der Waals surface area contributed by atoms with E-state index in [0.717, 1.165) is 5.69 Å². The number of aromatic nitrogens is 2. The van der Waals surface area contributed by atoms with Gasteiger partial charge in [-0.3, -0.25) is 4.79 Å². The van der Waals surface area contributed by atoms with Crippen molar-refractivity contribution >= 4 is 35.3 Å². The molecule has 0 radical (unpaired) electrons. The van der Waals surface area contributed by atoms with Crippen molar-refractivity contribution in [2.75, 3.05) is 6.61 Å². The molecule has 0 unspecified atom stereocenters. The van der Waals surface area contributed by atoms with Crippen molar-refractivity contribution in [1.29, 1.82) is 0 Å². The van der Waals surface area contributed by atoms with Crippen LogP contribution in [-0.2, 0) is 4.79 Å². The van der Waals surface area contributed by atoms with E-state index in [1.54, 1.807) is 28.9 Å². The van der Waals surface area contributed by atoms with Crippen molar-refractivity contribution in [3.63, 3.8) is 0 Å². The number of amides is 1. The van der Waals surface area contributed by atoms with E-state index in [1.807, 2.05) is 37.3 Å². The third kappa shape index (κ3) is 4.67. The van der Waals surface area contributed by atoms with Crippen molar-refractivity contribution in [2.45, 2.75) is 6.92 Å². The van der Waals surface area contributed by atoms with E-state index in [4.69, 9.17) is 27.9 Å². The summed E-state index contributed by atoms with van der Waals surface area (Å²) in [7, 11) is 0. The maximum absolute atomic E-state index is 11.9. The van der Waals surface area contributed by atoms with E-state index in [-0.39, 0.29) is 6.61 Å². The number of rotatable bonds is 6. The van der Waals surface area contributed by atoms with Crippen LogP contribution in [0, 0.1) is 6.92 Å². The molecule has 0 spiro atoms. The number of hydrazone groups is 1. The number of para-hydroxylation sites is 2. The van der Waals surface area contributed by atoms with E-state index >= 15 is 0 Å². The zero-order valence-corrected chi connectivity index (χ0v) is 15.9. The summed E-state index contributed by atoms with van der Waals surface area (Å²) in [4.78, 5) is 11.9. The lowest BCUT2D eigenvalue weighted by molar-refractivity contribution is -0.123. The molecule has 0 bridgehead atoms.